The van der Waals surface area contributed by atoms with Gasteiger partial charge in [0.25, 0.3) is 11.5 Å². The van der Waals surface area contributed by atoms with E-state index in [0.29, 0.717) is 4.57 Å². The number of carbonyl (C=O) groups excluding carboxylic acids is 1. The predicted octanol–water partition coefficient (Wildman–Crippen LogP) is 0.122. The number of aryl methyl sites for hydroxylation is 2. The van der Waals surface area contributed by atoms with Crippen molar-refractivity contribution in [1.82, 2.24) is 18.7 Å². The van der Waals surface area contributed by atoms with Gasteiger partial charge < -0.3 is 4.57 Å². The summed E-state index contributed by atoms with van der Waals surface area (Å²) >= 11 is 0. The van der Waals surface area contributed by atoms with Crippen LogP contribution in [0.3, 0.4) is 0 Å². The molecule has 3 aromatic rings. The van der Waals surface area contributed by atoms with Crippen molar-refractivity contribution < 1.29 is 4.79 Å². The minimum Gasteiger partial charge on any atom is -0.328 e. The van der Waals surface area contributed by atoms with Gasteiger partial charge in [0, 0.05) is 19.7 Å². The minimum atomic E-state index is -0.708. The lowest BCUT2D eigenvalue weighted by molar-refractivity contribution is 0.0949. The fourth-order valence-corrected chi connectivity index (χ4v) is 2.23. The molecule has 21 heavy (non-hydrogen) atoms. The van der Waals surface area contributed by atoms with Crippen molar-refractivity contribution in [3.63, 3.8) is 0 Å². The van der Waals surface area contributed by atoms with Crippen LogP contribution in [-0.4, -0.2) is 24.6 Å². The lowest BCUT2D eigenvalue weighted by atomic mass is 10.2. The van der Waals surface area contributed by atoms with Gasteiger partial charge in [0.15, 0.2) is 11.2 Å². The number of hydrogen-bond donors (Lipinski definition) is 0. The second-order valence-corrected chi connectivity index (χ2v) is 4.68. The van der Waals surface area contributed by atoms with Gasteiger partial charge in [-0.25, -0.2) is 9.78 Å². The second-order valence-electron chi connectivity index (χ2n) is 4.68. The second kappa shape index (κ2) is 4.55. The van der Waals surface area contributed by atoms with Gasteiger partial charge in [0.2, 0.25) is 0 Å². The summed E-state index contributed by atoms with van der Waals surface area (Å²) in [5, 5.41) is 0. The van der Waals surface area contributed by atoms with E-state index in [2.05, 4.69) is 4.98 Å². The van der Waals surface area contributed by atoms with Gasteiger partial charge in [0.1, 0.15) is 0 Å². The summed E-state index contributed by atoms with van der Waals surface area (Å²) in [7, 11) is 3.12. The number of benzene rings is 1. The Morgan fingerprint density at radius 2 is 1.76 bits per heavy atom. The quantitative estimate of drug-likeness (QED) is 0.636. The van der Waals surface area contributed by atoms with Crippen molar-refractivity contribution in [2.45, 2.75) is 0 Å². The van der Waals surface area contributed by atoms with Crippen LogP contribution in [0.25, 0.3) is 11.2 Å². The molecular formula is C14H12N4O3. The molecule has 7 nitrogen and oxygen atoms in total. The Bertz CT molecular complexity index is 964. The zero-order valence-corrected chi connectivity index (χ0v) is 11.5. The Kier molecular flexibility index (Phi) is 2.83. The van der Waals surface area contributed by atoms with Crippen LogP contribution in [0.15, 0.2) is 46.2 Å². The average Bonchev–Trinajstić information content (AvgIpc) is 2.88. The van der Waals surface area contributed by atoms with Crippen molar-refractivity contribution in [3.8, 4) is 0 Å². The van der Waals surface area contributed by atoms with E-state index >= 15 is 0 Å². The summed E-state index contributed by atoms with van der Waals surface area (Å²) < 4.78 is 3.32. The largest absolute Gasteiger partial charge is 0.339 e. The maximum absolute atomic E-state index is 12.5. The SMILES string of the molecule is Cn1cnc2c1c(=O)n(C(=O)c1ccccc1)c(=O)n2C. The lowest BCUT2D eigenvalue weighted by Gasteiger charge is -2.07. The first kappa shape index (κ1) is 13.0. The fourth-order valence-electron chi connectivity index (χ4n) is 2.23. The molecule has 0 aliphatic heterocycles. The van der Waals surface area contributed by atoms with Crippen LogP contribution in [0.2, 0.25) is 0 Å². The Hall–Kier alpha value is -2.96. The number of rotatable bonds is 1. The van der Waals surface area contributed by atoms with Crippen LogP contribution in [0, 0.1) is 0 Å². The van der Waals surface area contributed by atoms with E-state index in [-0.39, 0.29) is 16.7 Å². The third-order valence-electron chi connectivity index (χ3n) is 3.34. The van der Waals surface area contributed by atoms with E-state index < -0.39 is 17.2 Å². The normalized spacial score (nSPS) is 11.0. The molecule has 0 aliphatic rings. The summed E-state index contributed by atoms with van der Waals surface area (Å²) in [4.78, 5) is 41.2. The molecule has 0 atom stereocenters. The molecule has 0 saturated carbocycles. The highest BCUT2D eigenvalue weighted by atomic mass is 16.2. The molecule has 2 heterocycles. The van der Waals surface area contributed by atoms with E-state index in [4.69, 9.17) is 0 Å². The van der Waals surface area contributed by atoms with Gasteiger partial charge in [-0.15, -0.1) is 0 Å². The molecule has 7 heteroatoms. The highest BCUT2D eigenvalue weighted by Gasteiger charge is 2.20. The highest BCUT2D eigenvalue weighted by molar-refractivity contribution is 5.96. The van der Waals surface area contributed by atoms with Crippen LogP contribution in [0.5, 0.6) is 0 Å². The first-order valence-electron chi connectivity index (χ1n) is 6.25. The summed E-state index contributed by atoms with van der Waals surface area (Å²) in [5.74, 6) is -0.649. The molecule has 0 fully saturated rings. The molecule has 106 valence electrons. The number of imidazole rings is 1. The Morgan fingerprint density at radius 3 is 2.43 bits per heavy atom. The van der Waals surface area contributed by atoms with Crippen molar-refractivity contribution in [2.24, 2.45) is 14.1 Å². The maximum Gasteiger partial charge on any atom is 0.339 e. The highest BCUT2D eigenvalue weighted by Crippen LogP contribution is 2.05. The van der Waals surface area contributed by atoms with Crippen LogP contribution in [0.1, 0.15) is 10.4 Å². The standard InChI is InChI=1S/C14H12N4O3/c1-16-8-15-11-10(16)13(20)18(14(21)17(11)2)12(19)9-6-4-3-5-7-9/h3-8H,1-2H3. The number of hydrogen-bond acceptors (Lipinski definition) is 4. The van der Waals surface area contributed by atoms with E-state index in [9.17, 15) is 14.4 Å². The molecule has 0 unspecified atom stereocenters. The van der Waals surface area contributed by atoms with Gasteiger partial charge in [-0.1, -0.05) is 18.2 Å². The van der Waals surface area contributed by atoms with Crippen molar-refractivity contribution >= 4 is 17.1 Å². The third kappa shape index (κ3) is 1.82. The summed E-state index contributed by atoms with van der Waals surface area (Å²) in [5.41, 5.74) is -0.633. The summed E-state index contributed by atoms with van der Waals surface area (Å²) in [6.07, 6.45) is 1.43. The predicted molar refractivity (Wildman–Crippen MR) is 76.4 cm³/mol. The van der Waals surface area contributed by atoms with Gasteiger partial charge in [-0.2, -0.15) is 4.57 Å². The molecule has 0 aliphatic carbocycles. The van der Waals surface area contributed by atoms with Crippen LogP contribution in [0.4, 0.5) is 0 Å². The molecule has 0 spiro atoms. The molecule has 1 aromatic carbocycles. The van der Waals surface area contributed by atoms with E-state index in [0.717, 1.165) is 0 Å². The molecule has 0 amide bonds. The number of aromatic nitrogens is 4. The smallest absolute Gasteiger partial charge is 0.328 e. The monoisotopic (exact) mass is 284 g/mol. The number of carbonyl (C=O) groups is 1. The molecule has 0 saturated heterocycles. The molecule has 0 N–H and O–H groups in total. The molecule has 3 rings (SSSR count). The van der Waals surface area contributed by atoms with E-state index in [1.807, 2.05) is 0 Å². The lowest BCUT2D eigenvalue weighted by Crippen LogP contribution is -2.43. The van der Waals surface area contributed by atoms with Gasteiger partial charge in [-0.3, -0.25) is 14.2 Å². The first-order chi connectivity index (χ1) is 10.0. The van der Waals surface area contributed by atoms with Crippen molar-refractivity contribution in [3.05, 3.63) is 63.1 Å². The molecule has 0 radical (unpaired) electrons. The Labute approximate surface area is 118 Å². The van der Waals surface area contributed by atoms with Gasteiger partial charge in [0.05, 0.1) is 6.33 Å². The van der Waals surface area contributed by atoms with Crippen LogP contribution in [-0.2, 0) is 14.1 Å². The average molecular weight is 284 g/mol. The maximum atomic E-state index is 12.5. The third-order valence-corrected chi connectivity index (χ3v) is 3.34. The molecule has 2 aromatic heterocycles. The van der Waals surface area contributed by atoms with E-state index in [1.165, 1.54) is 22.5 Å². The minimum absolute atomic E-state index is 0.210. The number of nitrogens with zero attached hydrogens (tertiary/aromatic N) is 4. The zero-order chi connectivity index (χ0) is 15.1. The Morgan fingerprint density at radius 1 is 1.10 bits per heavy atom. The van der Waals surface area contributed by atoms with Crippen LogP contribution < -0.4 is 11.2 Å². The number of fused-ring (bicyclic) bond motifs is 1. The fraction of sp³-hybridized carbons (Fsp3) is 0.143. The van der Waals surface area contributed by atoms with Crippen molar-refractivity contribution in [1.29, 1.82) is 0 Å². The van der Waals surface area contributed by atoms with Gasteiger partial charge >= 0.3 is 5.69 Å². The van der Waals surface area contributed by atoms with E-state index in [1.54, 1.807) is 37.4 Å². The molecule has 0 bridgehead atoms. The zero-order valence-electron chi connectivity index (χ0n) is 11.5. The van der Waals surface area contributed by atoms with Crippen molar-refractivity contribution in [2.75, 3.05) is 0 Å². The topological polar surface area (TPSA) is 78.9 Å². The first-order valence-corrected chi connectivity index (χ1v) is 6.25. The molecular weight excluding hydrogens is 272 g/mol. The van der Waals surface area contributed by atoms with Crippen LogP contribution >= 0.6 is 0 Å². The van der Waals surface area contributed by atoms with Gasteiger partial charge in [-0.05, 0) is 12.1 Å². The summed E-state index contributed by atoms with van der Waals surface area (Å²) in [6, 6.07) is 8.21. The summed E-state index contributed by atoms with van der Waals surface area (Å²) in [6.45, 7) is 0. The Balaban J connectivity index is 2.39.